The Balaban J connectivity index is 3.24. The van der Waals surface area contributed by atoms with Crippen LogP contribution in [0.5, 0.6) is 5.75 Å². The van der Waals surface area contributed by atoms with Gasteiger partial charge in [-0.15, -0.1) is 0 Å². The van der Waals surface area contributed by atoms with Gasteiger partial charge in [0.25, 0.3) is 0 Å². The lowest BCUT2D eigenvalue weighted by atomic mass is 9.83. The predicted molar refractivity (Wildman–Crippen MR) is 76.9 cm³/mol. The Bertz CT molecular complexity index is 470. The van der Waals surface area contributed by atoms with Crippen LogP contribution in [0.15, 0.2) is 12.1 Å². The summed E-state index contributed by atoms with van der Waals surface area (Å²) in [5, 5.41) is 9.02. The van der Waals surface area contributed by atoms with Gasteiger partial charge in [-0.25, -0.2) is 0 Å². The molecule has 106 valence electrons. The molecule has 1 N–H and O–H groups in total. The molecule has 0 aromatic heterocycles. The second-order valence-electron chi connectivity index (χ2n) is 6.19. The van der Waals surface area contributed by atoms with E-state index in [2.05, 4.69) is 26.8 Å². The lowest BCUT2D eigenvalue weighted by Crippen LogP contribution is -2.16. The van der Waals surface area contributed by atoms with Gasteiger partial charge in [0.15, 0.2) is 0 Å². The maximum absolute atomic E-state index is 11.0. The second kappa shape index (κ2) is 5.64. The molecule has 0 spiro atoms. The van der Waals surface area contributed by atoms with E-state index in [4.69, 9.17) is 9.84 Å². The third kappa shape index (κ3) is 3.72. The van der Waals surface area contributed by atoms with E-state index in [1.807, 2.05) is 13.0 Å². The number of ether oxygens (including phenoxy) is 1. The highest BCUT2D eigenvalue weighted by atomic mass is 16.5. The first-order valence-electron chi connectivity index (χ1n) is 6.57. The van der Waals surface area contributed by atoms with Gasteiger partial charge >= 0.3 is 5.97 Å². The fourth-order valence-corrected chi connectivity index (χ4v) is 2.24. The van der Waals surface area contributed by atoms with Crippen molar-refractivity contribution in [2.45, 2.75) is 46.5 Å². The Kier molecular flexibility index (Phi) is 4.61. The van der Waals surface area contributed by atoms with Crippen LogP contribution in [0.4, 0.5) is 0 Å². The summed E-state index contributed by atoms with van der Waals surface area (Å²) in [5.41, 5.74) is 3.21. The highest BCUT2D eigenvalue weighted by Gasteiger charge is 2.22. The topological polar surface area (TPSA) is 46.5 Å². The molecule has 0 aliphatic heterocycles. The molecule has 1 aromatic carbocycles. The van der Waals surface area contributed by atoms with Gasteiger partial charge in [-0.3, -0.25) is 4.79 Å². The van der Waals surface area contributed by atoms with Crippen molar-refractivity contribution in [2.24, 2.45) is 5.92 Å². The molecular formula is C16H24O3. The fraction of sp³-hybridized carbons (Fsp3) is 0.562. The predicted octanol–water partition coefficient (Wildman–Crippen LogP) is 3.56. The molecule has 0 heterocycles. The Labute approximate surface area is 115 Å². The summed E-state index contributed by atoms with van der Waals surface area (Å²) in [6, 6.07) is 4.10. The quantitative estimate of drug-likeness (QED) is 0.904. The van der Waals surface area contributed by atoms with Crippen molar-refractivity contribution >= 4 is 5.97 Å². The third-order valence-corrected chi connectivity index (χ3v) is 3.31. The van der Waals surface area contributed by atoms with Gasteiger partial charge in [-0.1, -0.05) is 39.8 Å². The normalized spacial score (nSPS) is 13.2. The van der Waals surface area contributed by atoms with E-state index in [0.717, 1.165) is 22.4 Å². The Morgan fingerprint density at radius 1 is 1.37 bits per heavy atom. The number of aliphatic carboxylic acids is 1. The second-order valence-corrected chi connectivity index (χ2v) is 6.19. The number of carboxylic acid groups (broad SMARTS) is 1. The van der Waals surface area contributed by atoms with Crippen LogP contribution in [0.25, 0.3) is 0 Å². The van der Waals surface area contributed by atoms with Gasteiger partial charge in [-0.05, 0) is 29.9 Å². The molecule has 0 saturated heterocycles. The Hall–Kier alpha value is -1.51. The molecule has 3 nitrogen and oxygen atoms in total. The first-order chi connectivity index (χ1) is 8.66. The number of hydrogen-bond acceptors (Lipinski definition) is 2. The molecule has 0 bridgehead atoms. The Morgan fingerprint density at radius 2 is 1.95 bits per heavy atom. The van der Waals surface area contributed by atoms with E-state index in [1.165, 1.54) is 0 Å². The van der Waals surface area contributed by atoms with E-state index in [9.17, 15) is 4.79 Å². The zero-order valence-corrected chi connectivity index (χ0v) is 12.7. The van der Waals surface area contributed by atoms with Crippen LogP contribution < -0.4 is 4.74 Å². The summed E-state index contributed by atoms with van der Waals surface area (Å²) >= 11 is 0. The van der Waals surface area contributed by atoms with Gasteiger partial charge in [-0.2, -0.15) is 0 Å². The first kappa shape index (κ1) is 15.5. The molecule has 0 saturated carbocycles. The summed E-state index contributed by atoms with van der Waals surface area (Å²) in [4.78, 5) is 11.0. The van der Waals surface area contributed by atoms with Crippen molar-refractivity contribution in [3.8, 4) is 5.75 Å². The number of benzene rings is 1. The minimum absolute atomic E-state index is 0.0292. The van der Waals surface area contributed by atoms with E-state index in [-0.39, 0.29) is 11.3 Å². The average molecular weight is 264 g/mol. The summed E-state index contributed by atoms with van der Waals surface area (Å²) in [6.07, 6.45) is 0.545. The number of methoxy groups -OCH3 is 1. The molecule has 3 heteroatoms. The van der Waals surface area contributed by atoms with Crippen LogP contribution in [-0.4, -0.2) is 18.2 Å². The fourth-order valence-electron chi connectivity index (χ4n) is 2.24. The van der Waals surface area contributed by atoms with Crippen molar-refractivity contribution in [1.29, 1.82) is 0 Å². The minimum atomic E-state index is -0.759. The maximum Gasteiger partial charge on any atom is 0.306 e. The largest absolute Gasteiger partial charge is 0.496 e. The van der Waals surface area contributed by atoms with Crippen molar-refractivity contribution in [1.82, 2.24) is 0 Å². The smallest absolute Gasteiger partial charge is 0.306 e. The number of carboxylic acids is 1. The van der Waals surface area contributed by atoms with Gasteiger partial charge in [0.1, 0.15) is 5.75 Å². The van der Waals surface area contributed by atoms with Crippen molar-refractivity contribution in [3.05, 3.63) is 28.8 Å². The lowest BCUT2D eigenvalue weighted by Gasteiger charge is -2.25. The van der Waals surface area contributed by atoms with Crippen molar-refractivity contribution < 1.29 is 14.6 Å². The van der Waals surface area contributed by atoms with E-state index in [1.54, 1.807) is 14.0 Å². The van der Waals surface area contributed by atoms with Crippen LogP contribution >= 0.6 is 0 Å². The van der Waals surface area contributed by atoms with E-state index < -0.39 is 5.97 Å². The van der Waals surface area contributed by atoms with Gasteiger partial charge in [0.2, 0.25) is 0 Å². The van der Waals surface area contributed by atoms with Gasteiger partial charge in [0.05, 0.1) is 13.0 Å². The van der Waals surface area contributed by atoms with Crippen LogP contribution in [0.1, 0.15) is 44.4 Å². The zero-order valence-electron chi connectivity index (χ0n) is 12.7. The molecule has 19 heavy (non-hydrogen) atoms. The lowest BCUT2D eigenvalue weighted by molar-refractivity contribution is -0.141. The molecule has 1 unspecified atom stereocenters. The van der Waals surface area contributed by atoms with Gasteiger partial charge in [0, 0.05) is 5.56 Å². The monoisotopic (exact) mass is 264 g/mol. The molecule has 0 aliphatic carbocycles. The van der Waals surface area contributed by atoms with E-state index >= 15 is 0 Å². The number of carbonyl (C=O) groups is 1. The summed E-state index contributed by atoms with van der Waals surface area (Å²) in [7, 11) is 1.68. The molecule has 0 fully saturated rings. The zero-order chi connectivity index (χ0) is 14.8. The first-order valence-corrected chi connectivity index (χ1v) is 6.57. The standard InChI is InChI=1S/C16H24O3/c1-10-7-12(8-11(2)15(17)18)9-13(14(10)19-6)16(3,4)5/h7,9,11H,8H2,1-6H3,(H,17,18). The summed E-state index contributed by atoms with van der Waals surface area (Å²) in [5.74, 6) is -0.231. The molecule has 0 amide bonds. The highest BCUT2D eigenvalue weighted by molar-refractivity contribution is 5.70. The molecule has 1 atom stereocenters. The third-order valence-electron chi connectivity index (χ3n) is 3.31. The van der Waals surface area contributed by atoms with Crippen LogP contribution in [0.3, 0.4) is 0 Å². The molecular weight excluding hydrogens is 240 g/mol. The highest BCUT2D eigenvalue weighted by Crippen LogP contribution is 2.35. The van der Waals surface area contributed by atoms with Gasteiger partial charge < -0.3 is 9.84 Å². The SMILES string of the molecule is COc1c(C)cc(CC(C)C(=O)O)cc1C(C)(C)C. The van der Waals surface area contributed by atoms with Crippen molar-refractivity contribution in [2.75, 3.05) is 7.11 Å². The van der Waals surface area contributed by atoms with Crippen LogP contribution in [0, 0.1) is 12.8 Å². The van der Waals surface area contributed by atoms with E-state index in [0.29, 0.717) is 6.42 Å². The average Bonchev–Trinajstić information content (AvgIpc) is 2.26. The molecule has 1 rings (SSSR count). The Morgan fingerprint density at radius 3 is 2.37 bits per heavy atom. The molecule has 1 aromatic rings. The van der Waals surface area contributed by atoms with Crippen LogP contribution in [-0.2, 0) is 16.6 Å². The molecule has 0 radical (unpaired) electrons. The van der Waals surface area contributed by atoms with Crippen LogP contribution in [0.2, 0.25) is 0 Å². The maximum atomic E-state index is 11.0. The summed E-state index contributed by atoms with van der Waals surface area (Å²) < 4.78 is 5.49. The number of aryl methyl sites for hydroxylation is 1. The van der Waals surface area contributed by atoms with Crippen molar-refractivity contribution in [3.63, 3.8) is 0 Å². The number of hydrogen-bond donors (Lipinski definition) is 1. The number of rotatable bonds is 4. The summed E-state index contributed by atoms with van der Waals surface area (Å²) in [6.45, 7) is 10.1. The minimum Gasteiger partial charge on any atom is -0.496 e. The molecule has 0 aliphatic rings.